The minimum absolute atomic E-state index is 0.971. The number of unbranched alkanes of at least 4 members (excludes halogenated alkanes) is 1. The highest BCUT2D eigenvalue weighted by Crippen LogP contribution is 2.20. The molecule has 12 heavy (non-hydrogen) atoms. The summed E-state index contributed by atoms with van der Waals surface area (Å²) in [5.74, 6) is 0. The van der Waals surface area contributed by atoms with Gasteiger partial charge in [-0.05, 0) is 56.3 Å². The van der Waals surface area contributed by atoms with Crippen LogP contribution in [0.25, 0.3) is 0 Å². The summed E-state index contributed by atoms with van der Waals surface area (Å²) in [7, 11) is 0. The van der Waals surface area contributed by atoms with Gasteiger partial charge in [-0.25, -0.2) is 4.98 Å². The van der Waals surface area contributed by atoms with Crippen LogP contribution in [0.2, 0.25) is 0 Å². The molecule has 1 aromatic rings. The first-order valence-electron chi connectivity index (χ1n) is 4.04. The lowest BCUT2D eigenvalue weighted by Gasteiger charge is -2.02. The second-order valence-electron chi connectivity index (χ2n) is 2.71. The molecule has 66 valence electrons. The van der Waals surface area contributed by atoms with E-state index < -0.39 is 0 Å². The fourth-order valence-electron chi connectivity index (χ4n) is 1.01. The van der Waals surface area contributed by atoms with Crippen molar-refractivity contribution in [1.29, 1.82) is 0 Å². The molecule has 0 bridgehead atoms. The van der Waals surface area contributed by atoms with Crippen molar-refractivity contribution < 1.29 is 0 Å². The van der Waals surface area contributed by atoms with E-state index in [1.54, 1.807) is 6.20 Å². The van der Waals surface area contributed by atoms with Crippen molar-refractivity contribution in [2.45, 2.75) is 26.2 Å². The van der Waals surface area contributed by atoms with Crippen LogP contribution in [0.3, 0.4) is 0 Å². The lowest BCUT2D eigenvalue weighted by atomic mass is 10.1. The van der Waals surface area contributed by atoms with Gasteiger partial charge < -0.3 is 0 Å². The first kappa shape index (κ1) is 10.2. The third-order valence-electron chi connectivity index (χ3n) is 1.68. The first-order chi connectivity index (χ1) is 5.74. The topological polar surface area (TPSA) is 12.9 Å². The predicted octanol–water partition coefficient (Wildman–Crippen LogP) is 3.95. The van der Waals surface area contributed by atoms with E-state index in [1.165, 1.54) is 18.4 Å². The Hall–Kier alpha value is 0.110. The summed E-state index contributed by atoms with van der Waals surface area (Å²) in [4.78, 5) is 4.20. The Labute approximate surface area is 89.8 Å². The highest BCUT2D eigenvalue weighted by molar-refractivity contribution is 9.11. The molecule has 1 aromatic heterocycles. The van der Waals surface area contributed by atoms with E-state index in [0.717, 1.165) is 15.5 Å². The highest BCUT2D eigenvalue weighted by atomic mass is 79.9. The highest BCUT2D eigenvalue weighted by Gasteiger charge is 2.00. The number of nitrogens with zero attached hydrogens (tertiary/aromatic N) is 1. The molecule has 0 amide bonds. The Kier molecular flexibility index (Phi) is 4.22. The summed E-state index contributed by atoms with van der Waals surface area (Å²) < 4.78 is 2.02. The molecular formula is C9H11Br2N. The molecule has 1 heterocycles. The van der Waals surface area contributed by atoms with Gasteiger partial charge in [-0.3, -0.25) is 0 Å². The number of rotatable bonds is 3. The Morgan fingerprint density at radius 3 is 2.83 bits per heavy atom. The van der Waals surface area contributed by atoms with Crippen molar-refractivity contribution in [3.63, 3.8) is 0 Å². The fraction of sp³-hybridized carbons (Fsp3) is 0.444. The molecule has 0 saturated heterocycles. The van der Waals surface area contributed by atoms with Crippen LogP contribution in [0.1, 0.15) is 25.3 Å². The van der Waals surface area contributed by atoms with Crippen LogP contribution in [-0.4, -0.2) is 4.98 Å². The molecule has 0 fully saturated rings. The summed E-state index contributed by atoms with van der Waals surface area (Å²) in [6, 6.07) is 2.12. The van der Waals surface area contributed by atoms with Crippen molar-refractivity contribution in [1.82, 2.24) is 4.98 Å². The number of hydrogen-bond donors (Lipinski definition) is 0. The standard InChI is InChI=1S/C9H11Br2N/c1-2-3-4-7-5-8(10)6-12-9(7)11/h5-6H,2-4H2,1H3. The molecule has 0 atom stereocenters. The van der Waals surface area contributed by atoms with Crippen LogP contribution < -0.4 is 0 Å². The third kappa shape index (κ3) is 2.87. The van der Waals surface area contributed by atoms with Crippen LogP contribution >= 0.6 is 31.9 Å². The summed E-state index contributed by atoms with van der Waals surface area (Å²) in [6.45, 7) is 2.19. The smallest absolute Gasteiger partial charge is 0.109 e. The summed E-state index contributed by atoms with van der Waals surface area (Å²) >= 11 is 6.83. The molecule has 0 aromatic carbocycles. The Morgan fingerprint density at radius 1 is 1.42 bits per heavy atom. The molecule has 0 aliphatic heterocycles. The molecule has 0 N–H and O–H groups in total. The molecule has 0 aliphatic rings. The van der Waals surface area contributed by atoms with Gasteiger partial charge in [0.25, 0.3) is 0 Å². The maximum absolute atomic E-state index is 4.20. The Morgan fingerprint density at radius 2 is 2.17 bits per heavy atom. The van der Waals surface area contributed by atoms with Crippen molar-refractivity contribution in [3.05, 3.63) is 26.9 Å². The zero-order valence-electron chi connectivity index (χ0n) is 6.98. The normalized spacial score (nSPS) is 10.2. The third-order valence-corrected chi connectivity index (χ3v) is 2.83. The average Bonchev–Trinajstić information content (AvgIpc) is 2.07. The van der Waals surface area contributed by atoms with Crippen LogP contribution in [0, 0.1) is 0 Å². The second-order valence-corrected chi connectivity index (χ2v) is 4.37. The van der Waals surface area contributed by atoms with Crippen molar-refractivity contribution in [2.24, 2.45) is 0 Å². The lowest BCUT2D eigenvalue weighted by molar-refractivity contribution is 0.788. The van der Waals surface area contributed by atoms with Crippen LogP contribution in [0.4, 0.5) is 0 Å². The minimum Gasteiger partial charge on any atom is -0.248 e. The molecular weight excluding hydrogens is 282 g/mol. The number of hydrogen-bond acceptors (Lipinski definition) is 1. The molecule has 1 rings (SSSR count). The Balaban J connectivity index is 2.75. The van der Waals surface area contributed by atoms with Gasteiger partial charge >= 0.3 is 0 Å². The van der Waals surface area contributed by atoms with E-state index in [1.807, 2.05) is 0 Å². The van der Waals surface area contributed by atoms with Gasteiger partial charge in [-0.2, -0.15) is 0 Å². The zero-order chi connectivity index (χ0) is 8.97. The molecule has 0 saturated carbocycles. The van der Waals surface area contributed by atoms with Crippen molar-refractivity contribution >= 4 is 31.9 Å². The molecule has 1 nitrogen and oxygen atoms in total. The number of aromatic nitrogens is 1. The van der Waals surface area contributed by atoms with Gasteiger partial charge in [0, 0.05) is 10.7 Å². The van der Waals surface area contributed by atoms with Gasteiger partial charge in [0.05, 0.1) is 0 Å². The van der Waals surface area contributed by atoms with Gasteiger partial charge in [-0.15, -0.1) is 0 Å². The second kappa shape index (κ2) is 4.97. The van der Waals surface area contributed by atoms with E-state index in [4.69, 9.17) is 0 Å². The van der Waals surface area contributed by atoms with E-state index in [2.05, 4.69) is 49.8 Å². The number of pyridine rings is 1. The van der Waals surface area contributed by atoms with Crippen molar-refractivity contribution in [2.75, 3.05) is 0 Å². The van der Waals surface area contributed by atoms with Crippen LogP contribution in [-0.2, 0) is 6.42 Å². The van der Waals surface area contributed by atoms with Gasteiger partial charge in [-0.1, -0.05) is 13.3 Å². The fourth-order valence-corrected chi connectivity index (χ4v) is 1.80. The van der Waals surface area contributed by atoms with E-state index in [9.17, 15) is 0 Å². The van der Waals surface area contributed by atoms with E-state index >= 15 is 0 Å². The van der Waals surface area contributed by atoms with Gasteiger partial charge in [0.2, 0.25) is 0 Å². The van der Waals surface area contributed by atoms with Crippen LogP contribution in [0.15, 0.2) is 21.3 Å². The predicted molar refractivity (Wildman–Crippen MR) is 58.2 cm³/mol. The van der Waals surface area contributed by atoms with Gasteiger partial charge in [0.1, 0.15) is 4.60 Å². The largest absolute Gasteiger partial charge is 0.248 e. The van der Waals surface area contributed by atoms with E-state index in [0.29, 0.717) is 0 Å². The molecule has 0 spiro atoms. The van der Waals surface area contributed by atoms with Crippen LogP contribution in [0.5, 0.6) is 0 Å². The minimum atomic E-state index is 0.971. The average molecular weight is 293 g/mol. The molecule has 3 heteroatoms. The quantitative estimate of drug-likeness (QED) is 0.769. The monoisotopic (exact) mass is 291 g/mol. The number of halogens is 2. The number of aryl methyl sites for hydroxylation is 1. The summed E-state index contributed by atoms with van der Waals surface area (Å²) in [6.07, 6.45) is 5.35. The molecule has 0 radical (unpaired) electrons. The molecule has 0 unspecified atom stereocenters. The van der Waals surface area contributed by atoms with Crippen molar-refractivity contribution in [3.8, 4) is 0 Å². The van der Waals surface area contributed by atoms with Gasteiger partial charge in [0.15, 0.2) is 0 Å². The summed E-state index contributed by atoms with van der Waals surface area (Å²) in [5, 5.41) is 0. The van der Waals surface area contributed by atoms with E-state index in [-0.39, 0.29) is 0 Å². The maximum atomic E-state index is 4.20. The first-order valence-corrected chi connectivity index (χ1v) is 5.62. The molecule has 0 aliphatic carbocycles. The lowest BCUT2D eigenvalue weighted by Crippen LogP contribution is -1.89. The SMILES string of the molecule is CCCCc1cc(Br)cnc1Br. The summed E-state index contributed by atoms with van der Waals surface area (Å²) in [5.41, 5.74) is 1.28. The maximum Gasteiger partial charge on any atom is 0.109 e. The zero-order valence-corrected chi connectivity index (χ0v) is 10.2. The Bertz CT molecular complexity index is 261.